The van der Waals surface area contributed by atoms with Crippen molar-refractivity contribution in [3.8, 4) is 0 Å². The Morgan fingerprint density at radius 2 is 1.19 bits per heavy atom. The molecule has 0 spiro atoms. The van der Waals surface area contributed by atoms with Crippen LogP contribution in [0.1, 0.15) is 143 Å². The molecule has 0 saturated heterocycles. The number of rotatable bonds is 26. The number of phosphoric acid groups is 1. The average molecular weight is 551 g/mol. The third kappa shape index (κ3) is 26.4. The van der Waals surface area contributed by atoms with Crippen LogP contribution >= 0.6 is 7.82 Å². The molecular weight excluding hydrogens is 495 g/mol. The molecule has 0 radical (unpaired) electrons. The summed E-state index contributed by atoms with van der Waals surface area (Å²) in [5.41, 5.74) is 0. The Labute approximate surface area is 225 Å². The second-order valence-corrected chi connectivity index (χ2v) is 11.6. The topological polar surface area (TPSA) is 119 Å². The molecule has 0 rings (SSSR count). The van der Waals surface area contributed by atoms with Crippen LogP contribution in [0, 0.1) is 5.92 Å². The van der Waals surface area contributed by atoms with Crippen LogP contribution in [0.5, 0.6) is 0 Å². The van der Waals surface area contributed by atoms with Crippen LogP contribution < -0.4 is 0 Å². The lowest BCUT2D eigenvalue weighted by Gasteiger charge is -2.18. The number of carbonyl (C=O) groups excluding carboxylic acids is 2. The fourth-order valence-corrected chi connectivity index (χ4v) is 4.41. The van der Waals surface area contributed by atoms with Gasteiger partial charge in [0.05, 0.1) is 6.61 Å². The van der Waals surface area contributed by atoms with Crippen LogP contribution in [-0.2, 0) is 28.2 Å². The van der Waals surface area contributed by atoms with Crippen LogP contribution in [0.25, 0.3) is 0 Å². The van der Waals surface area contributed by atoms with Gasteiger partial charge in [0.25, 0.3) is 0 Å². The molecule has 1 unspecified atom stereocenters. The van der Waals surface area contributed by atoms with E-state index in [0.717, 1.165) is 44.4 Å². The maximum Gasteiger partial charge on any atom is 0.469 e. The van der Waals surface area contributed by atoms with Gasteiger partial charge in [-0.3, -0.25) is 14.1 Å². The molecule has 0 bridgehead atoms. The number of phosphoric ester groups is 1. The second kappa shape index (κ2) is 24.1. The van der Waals surface area contributed by atoms with Crippen LogP contribution in [0.2, 0.25) is 0 Å². The molecular formula is C28H55O8P. The average Bonchev–Trinajstić information content (AvgIpc) is 2.85. The van der Waals surface area contributed by atoms with E-state index < -0.39 is 32.5 Å². The van der Waals surface area contributed by atoms with Gasteiger partial charge in [0.1, 0.15) is 6.61 Å². The minimum atomic E-state index is -4.73. The van der Waals surface area contributed by atoms with E-state index in [9.17, 15) is 14.2 Å². The Balaban J connectivity index is 4.07. The van der Waals surface area contributed by atoms with Crippen LogP contribution in [-0.4, -0.2) is 41.0 Å². The molecule has 0 amide bonds. The lowest BCUT2D eigenvalue weighted by atomic mass is 9.99. The number of carbonyl (C=O) groups is 2. The molecule has 0 aromatic heterocycles. The van der Waals surface area contributed by atoms with Gasteiger partial charge in [0, 0.05) is 12.8 Å². The summed E-state index contributed by atoms with van der Waals surface area (Å²) in [6.07, 6.45) is 18.5. The summed E-state index contributed by atoms with van der Waals surface area (Å²) in [6, 6.07) is 0. The smallest absolute Gasteiger partial charge is 0.462 e. The minimum absolute atomic E-state index is 0.216. The number of unbranched alkanes of at least 4 members (excludes halogenated alkanes) is 13. The monoisotopic (exact) mass is 550 g/mol. The molecule has 0 aliphatic heterocycles. The van der Waals surface area contributed by atoms with Gasteiger partial charge in [-0.2, -0.15) is 0 Å². The number of esters is 2. The first-order valence-corrected chi connectivity index (χ1v) is 16.3. The zero-order valence-corrected chi connectivity index (χ0v) is 24.7. The molecule has 0 aromatic carbocycles. The highest BCUT2D eigenvalue weighted by Crippen LogP contribution is 2.35. The first-order valence-electron chi connectivity index (χ1n) is 14.7. The zero-order chi connectivity index (χ0) is 27.8. The van der Waals surface area contributed by atoms with E-state index in [1.165, 1.54) is 64.2 Å². The maximum absolute atomic E-state index is 12.2. The third-order valence-corrected chi connectivity index (χ3v) is 7.15. The quantitative estimate of drug-likeness (QED) is 0.0640. The number of hydrogen-bond donors (Lipinski definition) is 2. The summed E-state index contributed by atoms with van der Waals surface area (Å²) in [7, 11) is -4.73. The molecule has 0 saturated carbocycles. The van der Waals surface area contributed by atoms with Gasteiger partial charge in [-0.05, 0) is 18.8 Å². The van der Waals surface area contributed by atoms with Crippen molar-refractivity contribution in [3.05, 3.63) is 0 Å². The van der Waals surface area contributed by atoms with Crippen molar-refractivity contribution in [3.63, 3.8) is 0 Å². The number of ether oxygens (including phenoxy) is 2. The van der Waals surface area contributed by atoms with Crippen molar-refractivity contribution >= 4 is 19.8 Å². The largest absolute Gasteiger partial charge is 0.469 e. The molecule has 9 heteroatoms. The lowest BCUT2D eigenvalue weighted by Crippen LogP contribution is -2.29. The van der Waals surface area contributed by atoms with E-state index in [4.69, 9.17) is 19.3 Å². The standard InChI is InChI=1S/C28H55O8P/c1-4-6-7-8-11-15-18-21-27(29)34-23-26(24-35-37(31,32)33)36-28(30)22-19-16-13-10-9-12-14-17-20-25(3)5-2/h25-26H,4-24H2,1-3H3,(H2,31,32,33)/t25?,26-/m1/s1. The molecule has 8 nitrogen and oxygen atoms in total. The fraction of sp³-hybridized carbons (Fsp3) is 0.929. The summed E-state index contributed by atoms with van der Waals surface area (Å²) in [5.74, 6) is -0.0668. The Morgan fingerprint density at radius 1 is 0.703 bits per heavy atom. The van der Waals surface area contributed by atoms with E-state index in [2.05, 4.69) is 25.3 Å². The third-order valence-electron chi connectivity index (χ3n) is 6.67. The predicted molar refractivity (Wildman–Crippen MR) is 147 cm³/mol. The van der Waals surface area contributed by atoms with Crippen LogP contribution in [0.4, 0.5) is 0 Å². The highest BCUT2D eigenvalue weighted by Gasteiger charge is 2.22. The highest BCUT2D eigenvalue weighted by molar-refractivity contribution is 7.46. The maximum atomic E-state index is 12.2. The first kappa shape index (κ1) is 36.0. The van der Waals surface area contributed by atoms with Crippen molar-refractivity contribution in [2.75, 3.05) is 13.2 Å². The van der Waals surface area contributed by atoms with E-state index >= 15 is 0 Å². The molecule has 0 heterocycles. The van der Waals surface area contributed by atoms with Crippen molar-refractivity contribution in [2.24, 2.45) is 5.92 Å². The van der Waals surface area contributed by atoms with Crippen LogP contribution in [0.3, 0.4) is 0 Å². The molecule has 2 N–H and O–H groups in total. The van der Waals surface area contributed by atoms with E-state index in [1.54, 1.807) is 0 Å². The van der Waals surface area contributed by atoms with E-state index in [1.807, 2.05) is 0 Å². The van der Waals surface area contributed by atoms with Gasteiger partial charge in [0.2, 0.25) is 0 Å². The summed E-state index contributed by atoms with van der Waals surface area (Å²) in [6.45, 7) is 5.91. The highest BCUT2D eigenvalue weighted by atomic mass is 31.2. The molecule has 0 fully saturated rings. The molecule has 0 aliphatic rings. The van der Waals surface area contributed by atoms with Gasteiger partial charge in [-0.15, -0.1) is 0 Å². The summed E-state index contributed by atoms with van der Waals surface area (Å²) < 4.78 is 26.0. The molecule has 0 aromatic rings. The lowest BCUT2D eigenvalue weighted by molar-refractivity contribution is -0.161. The molecule has 2 atom stereocenters. The van der Waals surface area contributed by atoms with Gasteiger partial charge in [0.15, 0.2) is 6.10 Å². The Bertz CT molecular complexity index is 607. The molecule has 220 valence electrons. The first-order chi connectivity index (χ1) is 17.7. The zero-order valence-electron chi connectivity index (χ0n) is 23.8. The second-order valence-electron chi connectivity index (χ2n) is 10.3. The van der Waals surface area contributed by atoms with Gasteiger partial charge < -0.3 is 19.3 Å². The fourth-order valence-electron chi connectivity index (χ4n) is 4.05. The summed E-state index contributed by atoms with van der Waals surface area (Å²) in [4.78, 5) is 42.2. The van der Waals surface area contributed by atoms with E-state index in [0.29, 0.717) is 6.42 Å². The Hall–Kier alpha value is -0.950. The SMILES string of the molecule is CCCCCCCCCC(=O)OC[C@H](COP(=O)(O)O)OC(=O)CCCCCCCCCCC(C)CC. The van der Waals surface area contributed by atoms with Crippen LogP contribution in [0.15, 0.2) is 0 Å². The molecule has 37 heavy (non-hydrogen) atoms. The van der Waals surface area contributed by atoms with Crippen molar-refractivity contribution in [1.29, 1.82) is 0 Å². The normalized spacial score (nSPS) is 13.3. The van der Waals surface area contributed by atoms with Crippen molar-refractivity contribution < 1.29 is 37.9 Å². The summed E-state index contributed by atoms with van der Waals surface area (Å²) >= 11 is 0. The molecule has 0 aliphatic carbocycles. The van der Waals surface area contributed by atoms with Crippen molar-refractivity contribution in [2.45, 2.75) is 149 Å². The predicted octanol–water partition coefficient (Wildman–Crippen LogP) is 7.64. The van der Waals surface area contributed by atoms with Gasteiger partial charge >= 0.3 is 19.8 Å². The van der Waals surface area contributed by atoms with Gasteiger partial charge in [-0.1, -0.05) is 117 Å². The van der Waals surface area contributed by atoms with E-state index in [-0.39, 0.29) is 19.4 Å². The summed E-state index contributed by atoms with van der Waals surface area (Å²) in [5, 5.41) is 0. The minimum Gasteiger partial charge on any atom is -0.462 e. The Morgan fingerprint density at radius 3 is 1.70 bits per heavy atom. The Kier molecular flexibility index (Phi) is 23.5. The van der Waals surface area contributed by atoms with Crippen molar-refractivity contribution in [1.82, 2.24) is 0 Å². The number of hydrogen-bond acceptors (Lipinski definition) is 6. The van der Waals surface area contributed by atoms with Gasteiger partial charge in [-0.25, -0.2) is 4.57 Å².